The van der Waals surface area contributed by atoms with Gasteiger partial charge in [-0.25, -0.2) is 4.79 Å². The molecule has 24 atom stereocenters. The molecule has 24 bridgehead atoms. The summed E-state index contributed by atoms with van der Waals surface area (Å²) < 4.78 is 12.3. The van der Waals surface area contributed by atoms with Gasteiger partial charge in [-0.1, -0.05) is 48.5 Å². The Morgan fingerprint density at radius 3 is 0.820 bits per heavy atom. The molecular weight excluding hydrogens is 1250 g/mol. The smallest absolute Gasteiger partial charge is 0.407 e. The van der Waals surface area contributed by atoms with E-state index < -0.39 is 65.8 Å². The van der Waals surface area contributed by atoms with Gasteiger partial charge in [0.25, 0.3) is 0 Å². The minimum absolute atomic E-state index is 0.0257. The van der Waals surface area contributed by atoms with Crippen LogP contribution in [0.2, 0.25) is 0 Å². The maximum Gasteiger partial charge on any atom is 0.407 e. The number of ether oxygens (including phenoxy) is 2. The number of nitrogens with one attached hydrogen (secondary N) is 6. The van der Waals surface area contributed by atoms with Crippen molar-refractivity contribution in [2.75, 3.05) is 6.61 Å². The summed E-state index contributed by atoms with van der Waals surface area (Å²) >= 11 is 0. The molecule has 25 aliphatic rings. The Hall–Kier alpha value is -5.47. The second-order valence-corrected chi connectivity index (χ2v) is 42.4. The van der Waals surface area contributed by atoms with E-state index in [9.17, 15) is 9.59 Å². The Morgan fingerprint density at radius 1 is 0.330 bits per heavy atom. The van der Waals surface area contributed by atoms with Gasteiger partial charge in [-0.15, -0.1) is 0 Å². The van der Waals surface area contributed by atoms with Crippen LogP contribution in [-0.4, -0.2) is 87.0 Å². The molecule has 27 rings (SSSR count). The first-order valence-corrected chi connectivity index (χ1v) is 40.6. The maximum absolute atomic E-state index is 15.9. The fraction of sp³-hybridized carbons (Fsp3) is 0.776. The summed E-state index contributed by atoms with van der Waals surface area (Å²) in [6.07, 6.45) is 31.8. The quantitative estimate of drug-likeness (QED) is 0.0993. The molecule has 0 heterocycles. The number of amides is 6. The summed E-state index contributed by atoms with van der Waals surface area (Å²) in [5, 5.41) is 22.9. The van der Waals surface area contributed by atoms with Crippen LogP contribution in [0, 0.1) is 104 Å². The number of carbonyl (C=O) groups excluding carboxylic acids is 7. The molecule has 0 spiro atoms. The number of fused-ring (bicyclic) bond motifs is 3. The van der Waals surface area contributed by atoms with Gasteiger partial charge in [0.15, 0.2) is 0 Å². The molecule has 0 radical (unpaired) electrons. The Labute approximate surface area is 591 Å². The van der Waals surface area contributed by atoms with Gasteiger partial charge >= 0.3 is 12.1 Å². The third kappa shape index (κ3) is 9.58. The molecule has 100 heavy (non-hydrogen) atoms. The predicted octanol–water partition coefficient (Wildman–Crippen LogP) is 13.5. The number of rotatable bonds is 14. The van der Waals surface area contributed by atoms with Crippen molar-refractivity contribution in [2.24, 2.45) is 104 Å². The van der Waals surface area contributed by atoms with Gasteiger partial charge in [0, 0.05) is 39.2 Å². The van der Waals surface area contributed by atoms with Gasteiger partial charge in [-0.2, -0.15) is 0 Å². The normalized spacial score (nSPS) is 49.3. The van der Waals surface area contributed by atoms with Crippen LogP contribution >= 0.6 is 0 Å². The number of carbonyl (C=O) groups is 7. The lowest BCUT2D eigenvalue weighted by atomic mass is 9.44. The van der Waals surface area contributed by atoms with E-state index in [-0.39, 0.29) is 59.7 Å². The second kappa shape index (κ2) is 20.5. The van der Waals surface area contributed by atoms with E-state index in [0.717, 1.165) is 193 Å². The highest BCUT2D eigenvalue weighted by Crippen LogP contribution is 2.70. The zero-order valence-corrected chi connectivity index (χ0v) is 60.0. The standard InChI is InChI=1S/C85H110N6O9/c1-73(2,3)100-71(97)79-28-59-17-60(29-79)39-84(38-59,48-79)90-69(95)77-24-55-15-56(25-77)35-82(34-55,46-77)88-67(93)75-20-51-13-52(21-75)31-80(30-51,44-75)86-66(92)74-18-49-12-50(19-74)33-81(32-49,43-74)87-68(94)76-22-53-14-54(23-76)37-83(36-53,45-76)89-70(96)78-26-57-16-58(27-78)41-85(40-57,47-78)91-72(98)99-42-65-63-10-6-4-8-61(63)62-9-5-7-11-64(62)65/h4-11,49-60,65H,12-48H2,1-3H3,(H,86,92)(H,87,94)(H,88,93)(H,89,96)(H,90,95)(H,91,98)/t49-,50+,51-,52+,53-,54+,55-,56+,57-,58+,59-,60+,74?,75?,76?,77?,78?,79?,80?,81?,82?,83?,84?,85?. The topological polar surface area (TPSA) is 210 Å². The molecule has 25 aliphatic carbocycles. The van der Waals surface area contributed by atoms with Crippen molar-refractivity contribution in [1.29, 1.82) is 0 Å². The first-order chi connectivity index (χ1) is 47.6. The number of esters is 1. The zero-order chi connectivity index (χ0) is 67.8. The van der Waals surface area contributed by atoms with Crippen LogP contribution in [0.15, 0.2) is 48.5 Å². The lowest BCUT2D eigenvalue weighted by Gasteiger charge is -2.66. The highest BCUT2D eigenvalue weighted by atomic mass is 16.6. The number of hydrogen-bond donors (Lipinski definition) is 6. The number of hydrogen-bond acceptors (Lipinski definition) is 9. The van der Waals surface area contributed by atoms with E-state index in [0.29, 0.717) is 110 Å². The molecule has 24 fully saturated rings. The van der Waals surface area contributed by atoms with Crippen LogP contribution in [-0.2, 0) is 38.2 Å². The van der Waals surface area contributed by atoms with Crippen molar-refractivity contribution in [3.63, 3.8) is 0 Å². The molecule has 2 aromatic carbocycles. The average Bonchev–Trinajstić information content (AvgIpc) is 0.922. The van der Waals surface area contributed by atoms with Crippen LogP contribution < -0.4 is 31.9 Å². The van der Waals surface area contributed by atoms with E-state index in [1.54, 1.807) is 0 Å². The number of benzene rings is 2. The van der Waals surface area contributed by atoms with Crippen molar-refractivity contribution in [3.8, 4) is 11.1 Å². The summed E-state index contributed by atoms with van der Waals surface area (Å²) in [7, 11) is 0. The first-order valence-electron chi connectivity index (χ1n) is 40.6. The van der Waals surface area contributed by atoms with Gasteiger partial charge in [-0.05, 0) is 345 Å². The molecular formula is C85H110N6O9. The largest absolute Gasteiger partial charge is 0.460 e. The van der Waals surface area contributed by atoms with Gasteiger partial charge in [0.05, 0.1) is 32.5 Å². The highest BCUT2D eigenvalue weighted by Gasteiger charge is 2.71. The lowest BCUT2D eigenvalue weighted by molar-refractivity contribution is -0.188. The predicted molar refractivity (Wildman–Crippen MR) is 374 cm³/mol. The van der Waals surface area contributed by atoms with E-state index in [1.807, 2.05) is 20.8 Å². The molecule has 2 aromatic rings. The molecule has 0 saturated heterocycles. The van der Waals surface area contributed by atoms with Crippen LogP contribution in [0.3, 0.4) is 0 Å². The van der Waals surface area contributed by atoms with Crippen LogP contribution in [0.25, 0.3) is 11.1 Å². The maximum atomic E-state index is 15.9. The lowest BCUT2D eigenvalue weighted by Crippen LogP contribution is -2.73. The molecule has 24 saturated carbocycles. The second-order valence-electron chi connectivity index (χ2n) is 42.4. The minimum atomic E-state index is -0.567. The Kier molecular flexibility index (Phi) is 12.9. The fourth-order valence-corrected chi connectivity index (χ4v) is 33.1. The summed E-state index contributed by atoms with van der Waals surface area (Å²) in [5.41, 5.74) is -1.71. The number of alkyl carbamates (subject to hydrolysis) is 1. The SMILES string of the molecule is CC(C)(C)OC(=O)C12C[C@@H]3C[C@@H](CC(NC(=O)C45C[C@@H]6C[C@@H](CC(NC(=O)C78C[C@@H]9C[C@@H](CC(NC(=O)C%10%11C[C@@H]%12C[C@@H](CC(NC(=O)C%13%14C[C@@H]%15C[C@@H](CC(NC(=O)C%16%17C[C@@H]%18C[C@@H](CC(NC(=O)OCC%19c%20ccccc%20-c%20ccccc%20%19)(C%18)C%16)C%17)(C%15)C%13)C%14)(C%12)C%10)C%11)(C9)C7)C8)(C6)C4)C5)(C3)C1)C2. The first kappa shape index (κ1) is 63.0. The summed E-state index contributed by atoms with van der Waals surface area (Å²) in [5.74, 6) is 5.38. The molecule has 0 aromatic heterocycles. The van der Waals surface area contributed by atoms with Crippen molar-refractivity contribution < 1.29 is 43.0 Å². The fourth-order valence-electron chi connectivity index (χ4n) is 33.1. The summed E-state index contributed by atoms with van der Waals surface area (Å²) in [6.45, 7) is 6.15. The van der Waals surface area contributed by atoms with E-state index in [1.165, 1.54) is 22.3 Å². The van der Waals surface area contributed by atoms with E-state index in [4.69, 9.17) is 9.47 Å². The van der Waals surface area contributed by atoms with Crippen molar-refractivity contribution in [1.82, 2.24) is 31.9 Å². The molecule has 6 N–H and O–H groups in total. The monoisotopic (exact) mass is 1360 g/mol. The van der Waals surface area contributed by atoms with E-state index >= 15 is 24.0 Å². The Bertz CT molecular complexity index is 3790. The molecule has 15 heteroatoms. The van der Waals surface area contributed by atoms with E-state index in [2.05, 4.69) is 80.4 Å². The zero-order valence-electron chi connectivity index (χ0n) is 60.0. The average molecular weight is 1360 g/mol. The summed E-state index contributed by atoms with van der Waals surface area (Å²) in [6, 6.07) is 16.9. The van der Waals surface area contributed by atoms with Gasteiger partial charge < -0.3 is 41.4 Å². The molecule has 15 nitrogen and oxygen atoms in total. The summed E-state index contributed by atoms with van der Waals surface area (Å²) in [4.78, 5) is 107. The Morgan fingerprint density at radius 2 is 0.560 bits per heavy atom. The van der Waals surface area contributed by atoms with Gasteiger partial charge in [0.1, 0.15) is 12.2 Å². The van der Waals surface area contributed by atoms with Crippen LogP contribution in [0.5, 0.6) is 0 Å². The highest BCUT2D eigenvalue weighted by molar-refractivity contribution is 5.90. The Balaban J connectivity index is 0.485. The third-order valence-electron chi connectivity index (χ3n) is 33.2. The van der Waals surface area contributed by atoms with Crippen LogP contribution in [0.1, 0.15) is 269 Å². The molecule has 534 valence electrons. The van der Waals surface area contributed by atoms with Crippen molar-refractivity contribution >= 4 is 41.6 Å². The minimum Gasteiger partial charge on any atom is -0.460 e. The van der Waals surface area contributed by atoms with Crippen molar-refractivity contribution in [2.45, 2.75) is 297 Å². The molecule has 12 unspecified atom stereocenters. The third-order valence-corrected chi connectivity index (χ3v) is 33.2. The van der Waals surface area contributed by atoms with Gasteiger partial charge in [0.2, 0.25) is 29.5 Å². The molecule has 6 amide bonds. The van der Waals surface area contributed by atoms with Crippen molar-refractivity contribution in [3.05, 3.63) is 59.7 Å². The molecule has 0 aliphatic heterocycles. The van der Waals surface area contributed by atoms with Gasteiger partial charge in [-0.3, -0.25) is 28.8 Å². The van der Waals surface area contributed by atoms with Crippen LogP contribution in [0.4, 0.5) is 4.79 Å².